The van der Waals surface area contributed by atoms with Crippen molar-refractivity contribution in [3.63, 3.8) is 0 Å². The Bertz CT molecular complexity index is 1070. The van der Waals surface area contributed by atoms with Gasteiger partial charge in [0.25, 0.3) is 11.7 Å². The van der Waals surface area contributed by atoms with E-state index in [4.69, 9.17) is 10.00 Å². The average molecular weight is 404 g/mol. The van der Waals surface area contributed by atoms with Gasteiger partial charge in [0, 0.05) is 6.54 Å². The highest BCUT2D eigenvalue weighted by molar-refractivity contribution is 6.03. The Kier molecular flexibility index (Phi) is 6.74. The molecule has 0 atom stereocenters. The minimum Gasteiger partial charge on any atom is -0.497 e. The van der Waals surface area contributed by atoms with Gasteiger partial charge in [-0.15, -0.1) is 5.10 Å². The molecule has 2 aromatic carbocycles. The van der Waals surface area contributed by atoms with Gasteiger partial charge in [-0.1, -0.05) is 24.3 Å². The molecule has 9 heteroatoms. The maximum atomic E-state index is 12.6. The third-order valence-corrected chi connectivity index (χ3v) is 4.25. The van der Waals surface area contributed by atoms with Gasteiger partial charge in [0.1, 0.15) is 24.7 Å². The summed E-state index contributed by atoms with van der Waals surface area (Å²) in [5.74, 6) is 0.0939. The number of amides is 2. The van der Waals surface area contributed by atoms with E-state index in [-0.39, 0.29) is 24.2 Å². The molecule has 9 nitrogen and oxygen atoms in total. The average Bonchev–Trinajstić information content (AvgIpc) is 3.22. The molecule has 0 aliphatic rings. The molecule has 3 rings (SSSR count). The second-order valence-electron chi connectivity index (χ2n) is 6.33. The molecule has 2 N–H and O–H groups in total. The second-order valence-corrected chi connectivity index (χ2v) is 6.33. The van der Waals surface area contributed by atoms with Crippen molar-refractivity contribution in [1.29, 1.82) is 5.26 Å². The maximum absolute atomic E-state index is 12.6. The van der Waals surface area contributed by atoms with Crippen LogP contribution in [-0.2, 0) is 17.8 Å². The van der Waals surface area contributed by atoms with Crippen molar-refractivity contribution in [3.8, 4) is 11.8 Å². The summed E-state index contributed by atoms with van der Waals surface area (Å²) in [7, 11) is 1.61. The van der Waals surface area contributed by atoms with Crippen molar-refractivity contribution in [3.05, 3.63) is 71.8 Å². The van der Waals surface area contributed by atoms with Crippen LogP contribution in [0.15, 0.2) is 54.9 Å². The number of methoxy groups -OCH3 is 1. The number of nitriles is 1. The molecular formula is C21H20N6O3. The smallest absolute Gasteiger partial charge is 0.253 e. The van der Waals surface area contributed by atoms with Crippen LogP contribution < -0.4 is 15.4 Å². The van der Waals surface area contributed by atoms with Crippen LogP contribution in [0, 0.1) is 11.3 Å². The van der Waals surface area contributed by atoms with Crippen molar-refractivity contribution in [2.75, 3.05) is 19.0 Å². The normalized spacial score (nSPS) is 10.1. The second kappa shape index (κ2) is 9.84. The molecule has 0 aliphatic carbocycles. The molecule has 30 heavy (non-hydrogen) atoms. The lowest BCUT2D eigenvalue weighted by Gasteiger charge is -2.11. The van der Waals surface area contributed by atoms with Gasteiger partial charge in [0.05, 0.1) is 18.4 Å². The van der Waals surface area contributed by atoms with E-state index in [1.165, 1.54) is 11.0 Å². The number of carbonyl (C=O) groups is 2. The van der Waals surface area contributed by atoms with Crippen molar-refractivity contribution >= 4 is 17.5 Å². The Labute approximate surface area is 173 Å². The van der Waals surface area contributed by atoms with E-state index in [1.54, 1.807) is 37.4 Å². The number of anilines is 1. The largest absolute Gasteiger partial charge is 0.497 e. The predicted molar refractivity (Wildman–Crippen MR) is 109 cm³/mol. The van der Waals surface area contributed by atoms with Gasteiger partial charge in [0.2, 0.25) is 5.91 Å². The van der Waals surface area contributed by atoms with Gasteiger partial charge in [-0.2, -0.15) is 5.26 Å². The zero-order valence-electron chi connectivity index (χ0n) is 16.3. The summed E-state index contributed by atoms with van der Waals surface area (Å²) in [6.45, 7) is 0.325. The number of carbonyl (C=O) groups excluding carboxylic acids is 2. The third-order valence-electron chi connectivity index (χ3n) is 4.25. The first-order chi connectivity index (χ1) is 14.6. The Morgan fingerprint density at radius 2 is 1.93 bits per heavy atom. The molecule has 2 amide bonds. The van der Waals surface area contributed by atoms with Crippen molar-refractivity contribution in [1.82, 2.24) is 20.1 Å². The first-order valence-corrected chi connectivity index (χ1v) is 9.18. The molecule has 152 valence electrons. The van der Waals surface area contributed by atoms with Gasteiger partial charge in [0.15, 0.2) is 0 Å². The van der Waals surface area contributed by atoms with Crippen LogP contribution in [0.4, 0.5) is 5.69 Å². The Balaban J connectivity index is 1.57. The topological polar surface area (TPSA) is 122 Å². The lowest BCUT2D eigenvalue weighted by molar-refractivity contribution is -0.116. The summed E-state index contributed by atoms with van der Waals surface area (Å²) < 4.78 is 6.39. The van der Waals surface area contributed by atoms with Gasteiger partial charge in [-0.05, 0) is 36.2 Å². The van der Waals surface area contributed by atoms with E-state index >= 15 is 0 Å². The number of aromatic nitrogens is 3. The number of ether oxygens (including phenoxy) is 1. The van der Waals surface area contributed by atoms with Crippen LogP contribution in [-0.4, -0.2) is 40.2 Å². The first kappa shape index (κ1) is 20.5. The van der Waals surface area contributed by atoms with Crippen LogP contribution in [0.3, 0.4) is 0 Å². The van der Waals surface area contributed by atoms with Crippen LogP contribution in [0.25, 0.3) is 0 Å². The summed E-state index contributed by atoms with van der Waals surface area (Å²) in [5, 5.41) is 18.2. The van der Waals surface area contributed by atoms with E-state index in [0.717, 1.165) is 11.3 Å². The number of para-hydroxylation sites is 1. The first-order valence-electron chi connectivity index (χ1n) is 9.18. The van der Waals surface area contributed by atoms with Gasteiger partial charge in [-0.25, -0.2) is 9.67 Å². The molecule has 0 fully saturated rings. The Hall–Kier alpha value is -4.19. The molecule has 0 unspecified atom stereocenters. The summed E-state index contributed by atoms with van der Waals surface area (Å²) in [6, 6.07) is 16.2. The molecule has 0 saturated carbocycles. The Morgan fingerprint density at radius 1 is 1.17 bits per heavy atom. The molecule has 0 bridgehead atoms. The number of nitrogens with zero attached hydrogens (tertiary/aromatic N) is 4. The van der Waals surface area contributed by atoms with E-state index < -0.39 is 0 Å². The van der Waals surface area contributed by atoms with Crippen LogP contribution in [0.1, 0.15) is 21.7 Å². The van der Waals surface area contributed by atoms with Gasteiger partial charge < -0.3 is 15.4 Å². The minimum atomic E-state index is -0.386. The summed E-state index contributed by atoms with van der Waals surface area (Å²) in [5.41, 5.74) is 1.82. The molecule has 1 heterocycles. The molecule has 0 spiro atoms. The van der Waals surface area contributed by atoms with E-state index in [1.807, 2.05) is 24.3 Å². The fraction of sp³-hybridized carbons (Fsp3) is 0.190. The number of nitrogens with one attached hydrogen (secondary N) is 2. The SMILES string of the molecule is COc1ccc(CCNC(=O)c2ccccc2NC(=O)Cn2cnc(C#N)n2)cc1. The zero-order valence-corrected chi connectivity index (χ0v) is 16.3. The Morgan fingerprint density at radius 3 is 2.63 bits per heavy atom. The van der Waals surface area contributed by atoms with E-state index in [0.29, 0.717) is 24.2 Å². The third kappa shape index (κ3) is 5.42. The molecule has 0 aliphatic heterocycles. The zero-order chi connectivity index (χ0) is 21.3. The summed E-state index contributed by atoms with van der Waals surface area (Å²) in [6.07, 6.45) is 1.97. The predicted octanol–water partition coefficient (Wildman–Crippen LogP) is 1.77. The number of rotatable bonds is 8. The van der Waals surface area contributed by atoms with E-state index in [2.05, 4.69) is 20.7 Å². The van der Waals surface area contributed by atoms with Crippen LogP contribution in [0.2, 0.25) is 0 Å². The molecule has 3 aromatic rings. The maximum Gasteiger partial charge on any atom is 0.253 e. The number of hydrogen-bond acceptors (Lipinski definition) is 6. The number of hydrogen-bond donors (Lipinski definition) is 2. The summed E-state index contributed by atoms with van der Waals surface area (Å²) >= 11 is 0. The van der Waals surface area contributed by atoms with Crippen molar-refractivity contribution < 1.29 is 14.3 Å². The van der Waals surface area contributed by atoms with Gasteiger partial charge in [-0.3, -0.25) is 9.59 Å². The summed E-state index contributed by atoms with van der Waals surface area (Å²) in [4.78, 5) is 28.6. The van der Waals surface area contributed by atoms with Crippen molar-refractivity contribution in [2.45, 2.75) is 13.0 Å². The highest BCUT2D eigenvalue weighted by atomic mass is 16.5. The minimum absolute atomic E-state index is 0.0144. The monoisotopic (exact) mass is 404 g/mol. The molecule has 0 saturated heterocycles. The standard InChI is InChI=1S/C21H20N6O3/c1-30-16-8-6-15(7-9-16)10-11-23-21(29)17-4-2-3-5-18(17)25-20(28)13-27-14-24-19(12-22)26-27/h2-9,14H,10-11,13H2,1H3,(H,23,29)(H,25,28). The molecule has 0 radical (unpaired) electrons. The lowest BCUT2D eigenvalue weighted by atomic mass is 10.1. The highest BCUT2D eigenvalue weighted by Crippen LogP contribution is 2.15. The van der Waals surface area contributed by atoms with Crippen LogP contribution >= 0.6 is 0 Å². The van der Waals surface area contributed by atoms with Crippen LogP contribution in [0.5, 0.6) is 5.75 Å². The van der Waals surface area contributed by atoms with Gasteiger partial charge >= 0.3 is 0 Å². The highest BCUT2D eigenvalue weighted by Gasteiger charge is 2.13. The lowest BCUT2D eigenvalue weighted by Crippen LogP contribution is -2.27. The quantitative estimate of drug-likeness (QED) is 0.590. The molecule has 1 aromatic heterocycles. The van der Waals surface area contributed by atoms with E-state index in [9.17, 15) is 9.59 Å². The molecular weight excluding hydrogens is 384 g/mol. The van der Waals surface area contributed by atoms with Crippen molar-refractivity contribution in [2.24, 2.45) is 0 Å². The fourth-order valence-electron chi connectivity index (χ4n) is 2.76. The number of benzene rings is 2. The fourth-order valence-corrected chi connectivity index (χ4v) is 2.76.